The molecular formula is C19H29NO. The van der Waals surface area contributed by atoms with Crippen LogP contribution < -0.4 is 10.1 Å². The first-order valence-electron chi connectivity index (χ1n) is 8.74. The van der Waals surface area contributed by atoms with Gasteiger partial charge in [0.25, 0.3) is 0 Å². The van der Waals surface area contributed by atoms with Gasteiger partial charge in [0.1, 0.15) is 12.4 Å². The molecule has 2 aliphatic carbocycles. The number of ether oxygens (including phenoxy) is 1. The average Bonchev–Trinajstić information content (AvgIpc) is 3.39. The third kappa shape index (κ3) is 4.23. The minimum atomic E-state index is 0.638. The summed E-state index contributed by atoms with van der Waals surface area (Å²) in [4.78, 5) is 0. The third-order valence-electron chi connectivity index (χ3n) is 5.07. The normalized spacial score (nSPS) is 19.8. The van der Waals surface area contributed by atoms with Gasteiger partial charge in [0.2, 0.25) is 0 Å². The Morgan fingerprint density at radius 1 is 1.10 bits per heavy atom. The van der Waals surface area contributed by atoms with Crippen LogP contribution in [0.2, 0.25) is 0 Å². The molecule has 0 heterocycles. The van der Waals surface area contributed by atoms with Crippen LogP contribution in [0.3, 0.4) is 0 Å². The van der Waals surface area contributed by atoms with Crippen LogP contribution in [0.15, 0.2) is 24.3 Å². The topological polar surface area (TPSA) is 21.3 Å². The van der Waals surface area contributed by atoms with E-state index in [9.17, 15) is 0 Å². The quantitative estimate of drug-likeness (QED) is 0.681. The first kappa shape index (κ1) is 14.9. The molecule has 1 aromatic carbocycles. The van der Waals surface area contributed by atoms with Crippen molar-refractivity contribution < 1.29 is 4.74 Å². The summed E-state index contributed by atoms with van der Waals surface area (Å²) >= 11 is 0. The van der Waals surface area contributed by atoms with E-state index in [-0.39, 0.29) is 0 Å². The van der Waals surface area contributed by atoms with Gasteiger partial charge in [0.15, 0.2) is 0 Å². The minimum absolute atomic E-state index is 0.638. The number of rotatable bonds is 9. The van der Waals surface area contributed by atoms with Crippen molar-refractivity contribution in [2.75, 3.05) is 13.2 Å². The maximum absolute atomic E-state index is 5.86. The summed E-state index contributed by atoms with van der Waals surface area (Å²) in [5, 5.41) is 3.73. The molecule has 21 heavy (non-hydrogen) atoms. The number of hydrogen-bond donors (Lipinski definition) is 1. The van der Waals surface area contributed by atoms with Gasteiger partial charge < -0.3 is 10.1 Å². The fourth-order valence-electron chi connectivity index (χ4n) is 3.15. The van der Waals surface area contributed by atoms with Gasteiger partial charge in [-0.25, -0.2) is 0 Å². The second-order valence-electron chi connectivity index (χ2n) is 6.88. The molecule has 2 fully saturated rings. The lowest BCUT2D eigenvalue weighted by atomic mass is 9.99. The lowest BCUT2D eigenvalue weighted by Crippen LogP contribution is -2.36. The molecule has 0 saturated heterocycles. The van der Waals surface area contributed by atoms with Gasteiger partial charge in [-0.1, -0.05) is 26.0 Å². The molecule has 2 nitrogen and oxygen atoms in total. The predicted octanol–water partition coefficient (Wildman–Crippen LogP) is 4.36. The maximum Gasteiger partial charge on any atom is 0.119 e. The van der Waals surface area contributed by atoms with E-state index < -0.39 is 0 Å². The highest BCUT2D eigenvalue weighted by atomic mass is 16.5. The van der Waals surface area contributed by atoms with E-state index in [1.165, 1.54) is 37.7 Å². The highest BCUT2D eigenvalue weighted by Crippen LogP contribution is 2.44. The summed E-state index contributed by atoms with van der Waals surface area (Å²) in [5.74, 6) is 3.57. The van der Waals surface area contributed by atoms with E-state index in [4.69, 9.17) is 4.74 Å². The molecule has 1 unspecified atom stereocenters. The van der Waals surface area contributed by atoms with E-state index in [0.717, 1.165) is 36.8 Å². The van der Waals surface area contributed by atoms with E-state index in [2.05, 4.69) is 43.4 Å². The van der Waals surface area contributed by atoms with Crippen LogP contribution in [0.5, 0.6) is 5.75 Å². The van der Waals surface area contributed by atoms with Crippen LogP contribution in [0.25, 0.3) is 0 Å². The summed E-state index contributed by atoms with van der Waals surface area (Å²) in [7, 11) is 0. The zero-order chi connectivity index (χ0) is 14.7. The van der Waals surface area contributed by atoms with Crippen molar-refractivity contribution in [3.63, 3.8) is 0 Å². The van der Waals surface area contributed by atoms with E-state index in [1.807, 2.05) is 0 Å². The molecule has 2 aliphatic rings. The monoisotopic (exact) mass is 287 g/mol. The van der Waals surface area contributed by atoms with E-state index in [0.29, 0.717) is 5.92 Å². The second-order valence-corrected chi connectivity index (χ2v) is 6.88. The average molecular weight is 287 g/mol. The molecule has 2 heteroatoms. The molecule has 1 atom stereocenters. The molecular weight excluding hydrogens is 258 g/mol. The molecule has 2 saturated carbocycles. The lowest BCUT2D eigenvalue weighted by molar-refractivity contribution is 0.293. The van der Waals surface area contributed by atoms with Gasteiger partial charge in [-0.05, 0) is 67.6 Å². The lowest BCUT2D eigenvalue weighted by Gasteiger charge is -2.18. The van der Waals surface area contributed by atoms with Crippen molar-refractivity contribution in [1.29, 1.82) is 0 Å². The van der Waals surface area contributed by atoms with Crippen molar-refractivity contribution in [2.45, 2.75) is 57.9 Å². The minimum Gasteiger partial charge on any atom is -0.492 e. The third-order valence-corrected chi connectivity index (χ3v) is 5.07. The fourth-order valence-corrected chi connectivity index (χ4v) is 3.15. The van der Waals surface area contributed by atoms with Gasteiger partial charge >= 0.3 is 0 Å². The second kappa shape index (κ2) is 6.83. The van der Waals surface area contributed by atoms with Crippen LogP contribution in [0, 0.1) is 11.8 Å². The van der Waals surface area contributed by atoms with Crippen molar-refractivity contribution in [3.05, 3.63) is 29.8 Å². The Hall–Kier alpha value is -1.02. The Morgan fingerprint density at radius 3 is 2.24 bits per heavy atom. The van der Waals surface area contributed by atoms with Crippen molar-refractivity contribution in [3.8, 4) is 5.75 Å². The highest BCUT2D eigenvalue weighted by Gasteiger charge is 2.40. The van der Waals surface area contributed by atoms with Crippen LogP contribution >= 0.6 is 0 Å². The molecule has 0 aromatic heterocycles. The first-order valence-corrected chi connectivity index (χ1v) is 8.74. The zero-order valence-electron chi connectivity index (χ0n) is 13.5. The molecule has 1 N–H and O–H groups in total. The number of benzene rings is 1. The summed E-state index contributed by atoms with van der Waals surface area (Å²) < 4.78 is 5.86. The van der Waals surface area contributed by atoms with Crippen molar-refractivity contribution in [2.24, 2.45) is 11.8 Å². The summed E-state index contributed by atoms with van der Waals surface area (Å²) in [6.45, 7) is 6.26. The van der Waals surface area contributed by atoms with Gasteiger partial charge in [-0.2, -0.15) is 0 Å². The number of hydrogen-bond acceptors (Lipinski definition) is 2. The fraction of sp³-hybridized carbons (Fsp3) is 0.684. The molecule has 116 valence electrons. The Balaban J connectivity index is 1.38. The van der Waals surface area contributed by atoms with Gasteiger partial charge in [-0.3, -0.25) is 0 Å². The molecule has 0 amide bonds. The summed E-state index contributed by atoms with van der Waals surface area (Å²) in [6, 6.07) is 9.41. The summed E-state index contributed by atoms with van der Waals surface area (Å²) in [5.41, 5.74) is 1.41. The van der Waals surface area contributed by atoms with Crippen molar-refractivity contribution >= 4 is 0 Å². The largest absolute Gasteiger partial charge is 0.492 e. The predicted molar refractivity (Wildman–Crippen MR) is 87.9 cm³/mol. The molecule has 3 rings (SSSR count). The molecule has 0 aliphatic heterocycles. The molecule has 0 radical (unpaired) electrons. The Labute approximate surface area is 129 Å². The standard InChI is InChI=1S/C19H29NO/c1-3-14(2)15-8-10-18(11-9-15)21-13-12-20-19(16-4-5-16)17-6-7-17/h8-11,14,16-17,19-20H,3-7,12-13H2,1-2H3. The smallest absolute Gasteiger partial charge is 0.119 e. The Bertz CT molecular complexity index is 421. The molecule has 0 bridgehead atoms. The van der Waals surface area contributed by atoms with Crippen LogP contribution in [0.4, 0.5) is 0 Å². The van der Waals surface area contributed by atoms with Gasteiger partial charge in [-0.15, -0.1) is 0 Å². The van der Waals surface area contributed by atoms with E-state index >= 15 is 0 Å². The molecule has 1 aromatic rings. The first-order chi connectivity index (χ1) is 10.3. The van der Waals surface area contributed by atoms with Crippen LogP contribution in [0.1, 0.15) is 57.4 Å². The SMILES string of the molecule is CCC(C)c1ccc(OCCNC(C2CC2)C2CC2)cc1. The van der Waals surface area contributed by atoms with Gasteiger partial charge in [0.05, 0.1) is 0 Å². The maximum atomic E-state index is 5.86. The Morgan fingerprint density at radius 2 is 1.71 bits per heavy atom. The zero-order valence-corrected chi connectivity index (χ0v) is 13.5. The molecule has 0 spiro atoms. The van der Waals surface area contributed by atoms with Crippen LogP contribution in [-0.2, 0) is 0 Å². The van der Waals surface area contributed by atoms with Gasteiger partial charge in [0, 0.05) is 12.6 Å². The summed E-state index contributed by atoms with van der Waals surface area (Å²) in [6.07, 6.45) is 6.93. The van der Waals surface area contributed by atoms with E-state index in [1.54, 1.807) is 0 Å². The van der Waals surface area contributed by atoms with Crippen LogP contribution in [-0.4, -0.2) is 19.2 Å². The highest BCUT2D eigenvalue weighted by molar-refractivity contribution is 5.29. The number of nitrogens with one attached hydrogen (secondary N) is 1. The van der Waals surface area contributed by atoms with Crippen molar-refractivity contribution in [1.82, 2.24) is 5.32 Å². The Kier molecular flexibility index (Phi) is 4.84.